The van der Waals surface area contributed by atoms with Crippen LogP contribution in [-0.4, -0.2) is 34.2 Å². The number of benzene rings is 1. The largest absolute Gasteiger partial charge is 0.493 e. The number of para-hydroxylation sites is 1. The first-order valence-corrected chi connectivity index (χ1v) is 9.02. The molecule has 1 aromatic carbocycles. The normalized spacial score (nSPS) is 16.1. The van der Waals surface area contributed by atoms with E-state index in [1.54, 1.807) is 6.20 Å². The van der Waals surface area contributed by atoms with E-state index in [1.807, 2.05) is 42.5 Å². The van der Waals surface area contributed by atoms with Crippen LogP contribution in [0.1, 0.15) is 17.9 Å². The first-order chi connectivity index (χ1) is 13.3. The van der Waals surface area contributed by atoms with Gasteiger partial charge in [-0.1, -0.05) is 29.4 Å². The Balaban J connectivity index is 1.30. The van der Waals surface area contributed by atoms with E-state index in [0.717, 1.165) is 11.3 Å². The van der Waals surface area contributed by atoms with E-state index in [-0.39, 0.29) is 11.8 Å². The molecule has 0 fully saturated rings. The van der Waals surface area contributed by atoms with E-state index >= 15 is 0 Å². The lowest BCUT2D eigenvalue weighted by Gasteiger charge is -2.13. The Labute approximate surface area is 156 Å². The van der Waals surface area contributed by atoms with Gasteiger partial charge in [-0.25, -0.2) is 0 Å². The lowest BCUT2D eigenvalue weighted by atomic mass is 9.96. The Kier molecular flexibility index (Phi) is 5.09. The van der Waals surface area contributed by atoms with Crippen LogP contribution in [0.2, 0.25) is 0 Å². The summed E-state index contributed by atoms with van der Waals surface area (Å²) in [4.78, 5) is 21.1. The second-order valence-corrected chi connectivity index (χ2v) is 6.41. The van der Waals surface area contributed by atoms with Crippen molar-refractivity contribution in [3.8, 4) is 17.3 Å². The van der Waals surface area contributed by atoms with Crippen LogP contribution in [0, 0.1) is 5.92 Å². The van der Waals surface area contributed by atoms with E-state index < -0.39 is 0 Å². The molecular weight excluding hydrogens is 344 g/mol. The van der Waals surface area contributed by atoms with Gasteiger partial charge in [-0.3, -0.25) is 9.78 Å². The zero-order valence-electron chi connectivity index (χ0n) is 14.8. The maximum absolute atomic E-state index is 12.5. The van der Waals surface area contributed by atoms with Gasteiger partial charge in [-0.2, -0.15) is 4.98 Å². The Morgan fingerprint density at radius 3 is 2.96 bits per heavy atom. The van der Waals surface area contributed by atoms with Crippen molar-refractivity contribution in [1.82, 2.24) is 20.4 Å². The number of nitrogens with zero attached hydrogens (tertiary/aromatic N) is 3. The highest BCUT2D eigenvalue weighted by Crippen LogP contribution is 2.26. The van der Waals surface area contributed by atoms with Gasteiger partial charge in [0.2, 0.25) is 17.6 Å². The highest BCUT2D eigenvalue weighted by atomic mass is 16.5. The zero-order chi connectivity index (χ0) is 18.5. The first-order valence-electron chi connectivity index (χ1n) is 9.02. The van der Waals surface area contributed by atoms with Crippen molar-refractivity contribution in [2.45, 2.75) is 19.3 Å². The molecule has 0 unspecified atom stereocenters. The summed E-state index contributed by atoms with van der Waals surface area (Å²) in [6.45, 7) is 0.994. The van der Waals surface area contributed by atoms with Crippen LogP contribution >= 0.6 is 0 Å². The SMILES string of the molecule is O=C(NCCc1nc(-c2ccccn2)no1)[C@H]1CCOc2ccccc2C1. The van der Waals surface area contributed by atoms with Gasteiger partial charge in [0.25, 0.3) is 0 Å². The number of rotatable bonds is 5. The third-order valence-corrected chi connectivity index (χ3v) is 4.53. The minimum absolute atomic E-state index is 0.0276. The summed E-state index contributed by atoms with van der Waals surface area (Å²) in [5, 5.41) is 6.90. The molecule has 0 bridgehead atoms. The molecule has 1 aliphatic rings. The lowest BCUT2D eigenvalue weighted by Crippen LogP contribution is -2.33. The van der Waals surface area contributed by atoms with Crippen LogP contribution in [0.3, 0.4) is 0 Å². The van der Waals surface area contributed by atoms with Crippen LogP contribution in [0.15, 0.2) is 53.2 Å². The maximum atomic E-state index is 12.5. The third-order valence-electron chi connectivity index (χ3n) is 4.53. The van der Waals surface area contributed by atoms with Gasteiger partial charge >= 0.3 is 0 Å². The van der Waals surface area contributed by atoms with Crippen molar-refractivity contribution in [3.05, 3.63) is 60.1 Å². The molecule has 1 aliphatic heterocycles. The molecule has 3 aromatic rings. The smallest absolute Gasteiger partial charge is 0.228 e. The zero-order valence-corrected chi connectivity index (χ0v) is 14.8. The maximum Gasteiger partial charge on any atom is 0.228 e. The van der Waals surface area contributed by atoms with Gasteiger partial charge in [0.1, 0.15) is 11.4 Å². The number of nitrogens with one attached hydrogen (secondary N) is 1. The number of fused-ring (bicyclic) bond motifs is 1. The van der Waals surface area contributed by atoms with Gasteiger partial charge in [0, 0.05) is 25.1 Å². The lowest BCUT2D eigenvalue weighted by molar-refractivity contribution is -0.125. The molecule has 138 valence electrons. The third kappa shape index (κ3) is 4.13. The van der Waals surface area contributed by atoms with Crippen molar-refractivity contribution in [2.75, 3.05) is 13.2 Å². The van der Waals surface area contributed by atoms with E-state index in [9.17, 15) is 4.79 Å². The van der Waals surface area contributed by atoms with Crippen molar-refractivity contribution in [2.24, 2.45) is 5.92 Å². The Bertz CT molecular complexity index is 910. The van der Waals surface area contributed by atoms with Crippen molar-refractivity contribution in [1.29, 1.82) is 0 Å². The molecule has 0 saturated carbocycles. The number of amides is 1. The quantitative estimate of drug-likeness (QED) is 0.748. The summed E-state index contributed by atoms with van der Waals surface area (Å²) >= 11 is 0. The molecule has 0 radical (unpaired) electrons. The molecule has 7 nitrogen and oxygen atoms in total. The molecule has 2 aromatic heterocycles. The fraction of sp³-hybridized carbons (Fsp3) is 0.300. The highest BCUT2D eigenvalue weighted by Gasteiger charge is 2.23. The number of hydrogen-bond donors (Lipinski definition) is 1. The van der Waals surface area contributed by atoms with Crippen LogP contribution in [0.25, 0.3) is 11.5 Å². The molecule has 7 heteroatoms. The average Bonchev–Trinajstić information content (AvgIpc) is 3.07. The van der Waals surface area contributed by atoms with E-state index in [2.05, 4.69) is 20.4 Å². The van der Waals surface area contributed by atoms with Crippen molar-refractivity contribution in [3.63, 3.8) is 0 Å². The number of aromatic nitrogens is 3. The summed E-state index contributed by atoms with van der Waals surface area (Å²) in [6.07, 6.45) is 3.54. The summed E-state index contributed by atoms with van der Waals surface area (Å²) in [5.41, 5.74) is 1.74. The molecule has 1 N–H and O–H groups in total. The van der Waals surface area contributed by atoms with Crippen LogP contribution in [0.5, 0.6) is 5.75 Å². The van der Waals surface area contributed by atoms with Crippen LogP contribution in [0.4, 0.5) is 0 Å². The standard InChI is InChI=1S/C20H20N4O3/c25-20(15-9-12-26-17-7-2-1-5-14(17)13-15)22-11-8-18-23-19(24-27-18)16-6-3-4-10-21-16/h1-7,10,15H,8-9,11-13H2,(H,22,25)/t15-/m0/s1. The number of carbonyl (C=O) groups excluding carboxylic acids is 1. The fourth-order valence-corrected chi connectivity index (χ4v) is 3.11. The molecule has 1 amide bonds. The molecule has 3 heterocycles. The average molecular weight is 364 g/mol. The Hall–Kier alpha value is -3.22. The minimum Gasteiger partial charge on any atom is -0.493 e. The van der Waals surface area contributed by atoms with Gasteiger partial charge in [0.05, 0.1) is 6.61 Å². The highest BCUT2D eigenvalue weighted by molar-refractivity contribution is 5.79. The molecule has 4 rings (SSSR count). The number of pyridine rings is 1. The summed E-state index contributed by atoms with van der Waals surface area (Å²) in [5.74, 6) is 1.74. The molecule has 1 atom stereocenters. The van der Waals surface area contributed by atoms with E-state index in [0.29, 0.717) is 49.8 Å². The van der Waals surface area contributed by atoms with Crippen molar-refractivity contribution >= 4 is 5.91 Å². The van der Waals surface area contributed by atoms with E-state index in [1.165, 1.54) is 0 Å². The minimum atomic E-state index is -0.0968. The van der Waals surface area contributed by atoms with Crippen molar-refractivity contribution < 1.29 is 14.1 Å². The predicted molar refractivity (Wildman–Crippen MR) is 98.0 cm³/mol. The molecule has 27 heavy (non-hydrogen) atoms. The molecule has 0 saturated heterocycles. The number of ether oxygens (including phenoxy) is 1. The summed E-state index contributed by atoms with van der Waals surface area (Å²) in [6, 6.07) is 13.4. The molecule has 0 aliphatic carbocycles. The Morgan fingerprint density at radius 1 is 1.19 bits per heavy atom. The van der Waals surface area contributed by atoms with Gasteiger partial charge in [0.15, 0.2) is 0 Å². The van der Waals surface area contributed by atoms with Crippen LogP contribution in [-0.2, 0) is 17.6 Å². The molecule has 0 spiro atoms. The topological polar surface area (TPSA) is 90.1 Å². The predicted octanol–water partition coefficient (Wildman–Crippen LogP) is 2.43. The van der Waals surface area contributed by atoms with Gasteiger partial charge < -0.3 is 14.6 Å². The Morgan fingerprint density at radius 2 is 2.07 bits per heavy atom. The number of carbonyl (C=O) groups is 1. The second kappa shape index (κ2) is 7.99. The van der Waals surface area contributed by atoms with Gasteiger partial charge in [-0.15, -0.1) is 0 Å². The fourth-order valence-electron chi connectivity index (χ4n) is 3.11. The van der Waals surface area contributed by atoms with Crippen LogP contribution < -0.4 is 10.1 Å². The first kappa shape index (κ1) is 17.2. The van der Waals surface area contributed by atoms with Gasteiger partial charge in [-0.05, 0) is 36.6 Å². The second-order valence-electron chi connectivity index (χ2n) is 6.41. The van der Waals surface area contributed by atoms with E-state index in [4.69, 9.17) is 9.26 Å². The molecular formula is C20H20N4O3. The monoisotopic (exact) mass is 364 g/mol. The summed E-state index contributed by atoms with van der Waals surface area (Å²) < 4.78 is 11.0. The number of hydrogen-bond acceptors (Lipinski definition) is 6. The summed E-state index contributed by atoms with van der Waals surface area (Å²) in [7, 11) is 0.